The Bertz CT molecular complexity index is 1040. The summed E-state index contributed by atoms with van der Waals surface area (Å²) in [5, 5.41) is 7.39. The summed E-state index contributed by atoms with van der Waals surface area (Å²) in [6.45, 7) is 5.27. The standard InChI is InChI=1S/C21H27FN4O3S/c1-15-20(16(2)26(24-15)19-6-4-18(22)5-7-19)8-9-21(27)23-14-17-10-12-25(13-11-17)30(3,28)29/h4-9,17H,10-14H2,1-3H3,(H,23,27)/b9-8+. The topological polar surface area (TPSA) is 84.3 Å². The highest BCUT2D eigenvalue weighted by Gasteiger charge is 2.24. The summed E-state index contributed by atoms with van der Waals surface area (Å²) in [6.07, 6.45) is 5.92. The second kappa shape index (κ2) is 9.09. The summed E-state index contributed by atoms with van der Waals surface area (Å²) in [6, 6.07) is 6.08. The number of hydrogen-bond donors (Lipinski definition) is 1. The molecule has 3 rings (SSSR count). The Morgan fingerprint density at radius 3 is 2.47 bits per heavy atom. The van der Waals surface area contributed by atoms with E-state index in [1.807, 2.05) is 13.8 Å². The molecule has 0 radical (unpaired) electrons. The van der Waals surface area contributed by atoms with Gasteiger partial charge in [-0.05, 0) is 62.9 Å². The molecule has 2 aromatic rings. The fraction of sp³-hybridized carbons (Fsp3) is 0.429. The van der Waals surface area contributed by atoms with Crippen LogP contribution in [0.4, 0.5) is 4.39 Å². The lowest BCUT2D eigenvalue weighted by atomic mass is 9.98. The molecule has 9 heteroatoms. The Morgan fingerprint density at radius 1 is 1.23 bits per heavy atom. The molecule has 0 atom stereocenters. The van der Waals surface area contributed by atoms with Crippen molar-refractivity contribution in [1.29, 1.82) is 0 Å². The molecule has 162 valence electrons. The van der Waals surface area contributed by atoms with E-state index in [1.165, 1.54) is 28.8 Å². The van der Waals surface area contributed by atoms with E-state index in [2.05, 4.69) is 10.4 Å². The fourth-order valence-corrected chi connectivity index (χ4v) is 4.51. The van der Waals surface area contributed by atoms with Crippen molar-refractivity contribution in [2.75, 3.05) is 25.9 Å². The normalized spacial score (nSPS) is 16.3. The van der Waals surface area contributed by atoms with Gasteiger partial charge in [0.25, 0.3) is 0 Å². The largest absolute Gasteiger partial charge is 0.352 e. The van der Waals surface area contributed by atoms with Crippen LogP contribution in [0.25, 0.3) is 11.8 Å². The molecule has 0 spiro atoms. The fourth-order valence-electron chi connectivity index (χ4n) is 3.64. The van der Waals surface area contributed by atoms with Gasteiger partial charge in [-0.1, -0.05) is 0 Å². The van der Waals surface area contributed by atoms with E-state index in [0.717, 1.165) is 35.5 Å². The number of amides is 1. The van der Waals surface area contributed by atoms with E-state index in [4.69, 9.17) is 0 Å². The molecule has 0 aliphatic carbocycles. The van der Waals surface area contributed by atoms with Gasteiger partial charge in [0.2, 0.25) is 15.9 Å². The minimum atomic E-state index is -3.14. The molecule has 1 aromatic carbocycles. The van der Waals surface area contributed by atoms with Gasteiger partial charge in [-0.15, -0.1) is 0 Å². The number of carbonyl (C=O) groups excluding carboxylic acids is 1. The number of nitrogens with one attached hydrogen (secondary N) is 1. The van der Waals surface area contributed by atoms with Gasteiger partial charge in [0.15, 0.2) is 0 Å². The van der Waals surface area contributed by atoms with E-state index in [0.29, 0.717) is 19.6 Å². The van der Waals surface area contributed by atoms with Crippen molar-refractivity contribution in [3.05, 3.63) is 53.1 Å². The maximum Gasteiger partial charge on any atom is 0.244 e. The van der Waals surface area contributed by atoms with Crippen molar-refractivity contribution < 1.29 is 17.6 Å². The molecule has 7 nitrogen and oxygen atoms in total. The quantitative estimate of drug-likeness (QED) is 0.708. The van der Waals surface area contributed by atoms with E-state index < -0.39 is 10.0 Å². The van der Waals surface area contributed by atoms with Gasteiger partial charge in [0, 0.05) is 37.0 Å². The average Bonchev–Trinajstić information content (AvgIpc) is 2.98. The maximum atomic E-state index is 13.2. The first kappa shape index (κ1) is 22.2. The summed E-state index contributed by atoms with van der Waals surface area (Å²) in [7, 11) is -3.14. The molecule has 0 unspecified atom stereocenters. The van der Waals surface area contributed by atoms with Crippen LogP contribution in [0.2, 0.25) is 0 Å². The number of halogens is 1. The molecule has 1 amide bonds. The minimum absolute atomic E-state index is 0.200. The van der Waals surface area contributed by atoms with E-state index in [-0.39, 0.29) is 17.6 Å². The van der Waals surface area contributed by atoms with Gasteiger partial charge in [-0.2, -0.15) is 5.10 Å². The zero-order valence-corrected chi connectivity index (χ0v) is 18.2. The Hall–Kier alpha value is -2.52. The second-order valence-electron chi connectivity index (χ2n) is 7.66. The van der Waals surface area contributed by atoms with E-state index >= 15 is 0 Å². The molecule has 1 aromatic heterocycles. The first-order valence-corrected chi connectivity index (χ1v) is 11.7. The summed E-state index contributed by atoms with van der Waals surface area (Å²) in [5.41, 5.74) is 3.22. The van der Waals surface area contributed by atoms with E-state index in [1.54, 1.807) is 22.9 Å². The summed E-state index contributed by atoms with van der Waals surface area (Å²) in [4.78, 5) is 12.2. The van der Waals surface area contributed by atoms with Crippen molar-refractivity contribution >= 4 is 22.0 Å². The molecule has 0 saturated carbocycles. The Morgan fingerprint density at radius 2 is 1.87 bits per heavy atom. The Kier molecular flexibility index (Phi) is 6.72. The van der Waals surface area contributed by atoms with Gasteiger partial charge in [0.05, 0.1) is 17.6 Å². The predicted octanol–water partition coefficient (Wildman–Crippen LogP) is 2.43. The van der Waals surface area contributed by atoms with Crippen LogP contribution in [0.5, 0.6) is 0 Å². The SMILES string of the molecule is Cc1nn(-c2ccc(F)cc2)c(C)c1/C=C/C(=O)NCC1CCN(S(C)(=O)=O)CC1. The number of piperidine rings is 1. The lowest BCUT2D eigenvalue weighted by molar-refractivity contribution is -0.116. The van der Waals surface area contributed by atoms with Gasteiger partial charge < -0.3 is 5.32 Å². The molecule has 30 heavy (non-hydrogen) atoms. The van der Waals surface area contributed by atoms with Crippen molar-refractivity contribution in [2.24, 2.45) is 5.92 Å². The van der Waals surface area contributed by atoms with Crippen LogP contribution in [-0.2, 0) is 14.8 Å². The molecular formula is C21H27FN4O3S. The maximum absolute atomic E-state index is 13.2. The van der Waals surface area contributed by atoms with Crippen molar-refractivity contribution in [3.8, 4) is 5.69 Å². The van der Waals surface area contributed by atoms with Crippen molar-refractivity contribution in [1.82, 2.24) is 19.4 Å². The van der Waals surface area contributed by atoms with Crippen LogP contribution in [0.15, 0.2) is 30.3 Å². The highest BCUT2D eigenvalue weighted by Crippen LogP contribution is 2.20. The number of hydrogen-bond acceptors (Lipinski definition) is 4. The molecule has 1 N–H and O–H groups in total. The zero-order valence-electron chi connectivity index (χ0n) is 17.4. The van der Waals surface area contributed by atoms with Gasteiger partial charge in [-0.25, -0.2) is 21.8 Å². The molecule has 1 saturated heterocycles. The molecule has 1 aliphatic rings. The Labute approximate surface area is 176 Å². The summed E-state index contributed by atoms with van der Waals surface area (Å²) in [5.74, 6) is -0.238. The second-order valence-corrected chi connectivity index (χ2v) is 9.64. The number of nitrogens with zero attached hydrogens (tertiary/aromatic N) is 3. The third kappa shape index (κ3) is 5.34. The predicted molar refractivity (Wildman–Crippen MR) is 114 cm³/mol. The number of sulfonamides is 1. The van der Waals surface area contributed by atoms with Crippen LogP contribution >= 0.6 is 0 Å². The van der Waals surface area contributed by atoms with Gasteiger partial charge in [-0.3, -0.25) is 4.79 Å². The number of aryl methyl sites for hydroxylation is 1. The first-order valence-electron chi connectivity index (χ1n) is 9.88. The number of benzene rings is 1. The summed E-state index contributed by atoms with van der Waals surface area (Å²) >= 11 is 0. The van der Waals surface area contributed by atoms with Crippen LogP contribution in [0.1, 0.15) is 29.8 Å². The van der Waals surface area contributed by atoms with Gasteiger partial charge >= 0.3 is 0 Å². The number of rotatable bonds is 6. The number of carbonyl (C=O) groups is 1. The lowest BCUT2D eigenvalue weighted by Gasteiger charge is -2.30. The van der Waals surface area contributed by atoms with Crippen molar-refractivity contribution in [3.63, 3.8) is 0 Å². The monoisotopic (exact) mass is 434 g/mol. The van der Waals surface area contributed by atoms with E-state index in [9.17, 15) is 17.6 Å². The molecular weight excluding hydrogens is 407 g/mol. The van der Waals surface area contributed by atoms with Crippen molar-refractivity contribution in [2.45, 2.75) is 26.7 Å². The van der Waals surface area contributed by atoms with Crippen LogP contribution < -0.4 is 5.32 Å². The van der Waals surface area contributed by atoms with Crippen LogP contribution in [0.3, 0.4) is 0 Å². The lowest BCUT2D eigenvalue weighted by Crippen LogP contribution is -2.40. The third-order valence-corrected chi connectivity index (χ3v) is 6.73. The van der Waals surface area contributed by atoms with Crippen LogP contribution in [0, 0.1) is 25.6 Å². The third-order valence-electron chi connectivity index (χ3n) is 5.43. The minimum Gasteiger partial charge on any atom is -0.352 e. The molecule has 0 bridgehead atoms. The molecule has 1 aliphatic heterocycles. The molecule has 2 heterocycles. The Balaban J connectivity index is 1.57. The highest BCUT2D eigenvalue weighted by atomic mass is 32.2. The number of aromatic nitrogens is 2. The highest BCUT2D eigenvalue weighted by molar-refractivity contribution is 7.88. The zero-order chi connectivity index (χ0) is 21.9. The molecule has 1 fully saturated rings. The van der Waals surface area contributed by atoms with Crippen LogP contribution in [-0.4, -0.2) is 54.3 Å². The smallest absolute Gasteiger partial charge is 0.244 e. The van der Waals surface area contributed by atoms with Gasteiger partial charge in [0.1, 0.15) is 5.82 Å². The summed E-state index contributed by atoms with van der Waals surface area (Å²) < 4.78 is 39.5. The first-order chi connectivity index (χ1) is 14.1. The average molecular weight is 435 g/mol.